The molecule has 0 spiro atoms. The van der Waals surface area contributed by atoms with Gasteiger partial charge in [-0.2, -0.15) is 0 Å². The lowest BCUT2D eigenvalue weighted by molar-refractivity contribution is 0.0986. The van der Waals surface area contributed by atoms with Crippen molar-refractivity contribution < 1.29 is 9.53 Å². The summed E-state index contributed by atoms with van der Waals surface area (Å²) < 4.78 is 4.90. The molecule has 2 aromatic heterocycles. The Hall–Kier alpha value is -2.30. The molecule has 0 aliphatic rings. The van der Waals surface area contributed by atoms with Crippen molar-refractivity contribution in [3.8, 4) is 5.88 Å². The molecular weight excluding hydrogens is 242 g/mol. The molecule has 0 N–H and O–H groups in total. The first-order valence-corrected chi connectivity index (χ1v) is 6.07. The Morgan fingerprint density at radius 3 is 2.58 bits per heavy atom. The molecule has 5 nitrogen and oxygen atoms in total. The Kier molecular flexibility index (Phi) is 4.18. The summed E-state index contributed by atoms with van der Waals surface area (Å²) in [5.41, 5.74) is 2.21. The molecule has 19 heavy (non-hydrogen) atoms. The monoisotopic (exact) mass is 257 g/mol. The maximum absolute atomic E-state index is 12.0. The standard InChI is InChI=1S/C14H15N3O2/c1-3-10-4-5-11(15-9-10)8-13(18)12-6-7-14(19-2)17-16-12/h4-7,9H,3,8H2,1-2H3. The third-order valence-corrected chi connectivity index (χ3v) is 2.77. The molecule has 0 amide bonds. The molecule has 2 heterocycles. The molecule has 0 radical (unpaired) electrons. The summed E-state index contributed by atoms with van der Waals surface area (Å²) in [6.07, 6.45) is 2.96. The van der Waals surface area contributed by atoms with Crippen molar-refractivity contribution in [1.29, 1.82) is 0 Å². The normalized spacial score (nSPS) is 10.2. The van der Waals surface area contributed by atoms with Gasteiger partial charge in [0.2, 0.25) is 5.88 Å². The van der Waals surface area contributed by atoms with Crippen LogP contribution in [0, 0.1) is 0 Å². The average Bonchev–Trinajstić information content (AvgIpc) is 2.48. The van der Waals surface area contributed by atoms with Crippen LogP contribution < -0.4 is 4.74 Å². The van der Waals surface area contributed by atoms with Crippen molar-refractivity contribution in [2.75, 3.05) is 7.11 Å². The lowest BCUT2D eigenvalue weighted by Crippen LogP contribution is -2.08. The number of aryl methyl sites for hydroxylation is 1. The molecule has 0 bridgehead atoms. The van der Waals surface area contributed by atoms with Crippen molar-refractivity contribution in [3.63, 3.8) is 0 Å². The second-order valence-electron chi connectivity index (χ2n) is 4.07. The number of hydrogen-bond acceptors (Lipinski definition) is 5. The smallest absolute Gasteiger partial charge is 0.233 e. The molecule has 0 saturated heterocycles. The van der Waals surface area contributed by atoms with E-state index in [0.717, 1.165) is 17.7 Å². The summed E-state index contributed by atoms with van der Waals surface area (Å²) in [6.45, 7) is 2.06. The lowest BCUT2D eigenvalue weighted by atomic mass is 10.1. The third kappa shape index (κ3) is 3.34. The predicted molar refractivity (Wildman–Crippen MR) is 70.2 cm³/mol. The fraction of sp³-hybridized carbons (Fsp3) is 0.286. The Balaban J connectivity index is 2.06. The fourth-order valence-electron chi connectivity index (χ4n) is 1.60. The number of methoxy groups -OCH3 is 1. The maximum Gasteiger partial charge on any atom is 0.233 e. The number of ether oxygens (including phenoxy) is 1. The highest BCUT2D eigenvalue weighted by Gasteiger charge is 2.10. The summed E-state index contributed by atoms with van der Waals surface area (Å²) in [5.74, 6) is 0.286. The minimum atomic E-state index is -0.105. The second-order valence-corrected chi connectivity index (χ2v) is 4.07. The summed E-state index contributed by atoms with van der Waals surface area (Å²) in [5, 5.41) is 7.60. The first kappa shape index (κ1) is 13.1. The van der Waals surface area contributed by atoms with Crippen LogP contribution in [0.3, 0.4) is 0 Å². The number of nitrogens with zero attached hydrogens (tertiary/aromatic N) is 3. The van der Waals surface area contributed by atoms with Crippen molar-refractivity contribution in [2.45, 2.75) is 19.8 Å². The maximum atomic E-state index is 12.0. The Morgan fingerprint density at radius 2 is 2.05 bits per heavy atom. The number of aromatic nitrogens is 3. The van der Waals surface area contributed by atoms with Crippen LogP contribution in [0.5, 0.6) is 5.88 Å². The molecule has 0 aliphatic heterocycles. The van der Waals surface area contributed by atoms with Gasteiger partial charge >= 0.3 is 0 Å². The van der Waals surface area contributed by atoms with Gasteiger partial charge in [-0.1, -0.05) is 13.0 Å². The van der Waals surface area contributed by atoms with E-state index in [1.165, 1.54) is 7.11 Å². The number of rotatable bonds is 5. The quantitative estimate of drug-likeness (QED) is 0.765. The number of hydrogen-bond donors (Lipinski definition) is 0. The first-order valence-electron chi connectivity index (χ1n) is 6.07. The number of pyridine rings is 1. The van der Waals surface area contributed by atoms with Crippen LogP contribution in [0.2, 0.25) is 0 Å². The van der Waals surface area contributed by atoms with Crippen LogP contribution >= 0.6 is 0 Å². The van der Waals surface area contributed by atoms with Crippen molar-refractivity contribution in [1.82, 2.24) is 15.2 Å². The van der Waals surface area contributed by atoms with E-state index in [9.17, 15) is 4.79 Å². The zero-order chi connectivity index (χ0) is 13.7. The van der Waals surface area contributed by atoms with E-state index in [-0.39, 0.29) is 12.2 Å². The molecular formula is C14H15N3O2. The SMILES string of the molecule is CCc1ccc(CC(=O)c2ccc(OC)nn2)nc1. The van der Waals surface area contributed by atoms with E-state index < -0.39 is 0 Å². The van der Waals surface area contributed by atoms with Gasteiger partial charge in [0.05, 0.1) is 13.5 Å². The number of carbonyl (C=O) groups is 1. The largest absolute Gasteiger partial charge is 0.480 e. The van der Waals surface area contributed by atoms with Gasteiger partial charge in [0, 0.05) is 18.0 Å². The first-order chi connectivity index (χ1) is 9.22. The van der Waals surface area contributed by atoms with Gasteiger partial charge in [-0.05, 0) is 24.1 Å². The van der Waals surface area contributed by atoms with Gasteiger partial charge in [-0.15, -0.1) is 10.2 Å². The van der Waals surface area contributed by atoms with Crippen molar-refractivity contribution >= 4 is 5.78 Å². The number of ketones is 1. The molecule has 0 aliphatic carbocycles. The van der Waals surface area contributed by atoms with Gasteiger partial charge in [0.25, 0.3) is 0 Å². The molecule has 2 rings (SSSR count). The van der Waals surface area contributed by atoms with Crippen LogP contribution in [0.15, 0.2) is 30.5 Å². The van der Waals surface area contributed by atoms with Gasteiger partial charge in [-0.25, -0.2) is 0 Å². The minimum absolute atomic E-state index is 0.105. The van der Waals surface area contributed by atoms with Crippen molar-refractivity contribution in [2.24, 2.45) is 0 Å². The Labute approximate surface area is 111 Å². The molecule has 0 atom stereocenters. The van der Waals surface area contributed by atoms with Crippen LogP contribution in [-0.2, 0) is 12.8 Å². The zero-order valence-electron chi connectivity index (χ0n) is 11.0. The van der Waals surface area contributed by atoms with Crippen LogP contribution in [-0.4, -0.2) is 28.1 Å². The van der Waals surface area contributed by atoms with E-state index in [0.29, 0.717) is 11.6 Å². The highest BCUT2D eigenvalue weighted by atomic mass is 16.5. The van der Waals surface area contributed by atoms with Crippen LogP contribution in [0.25, 0.3) is 0 Å². The van der Waals surface area contributed by atoms with Crippen LogP contribution in [0.1, 0.15) is 28.7 Å². The Bertz CT molecular complexity index is 550. The van der Waals surface area contributed by atoms with E-state index in [4.69, 9.17) is 4.74 Å². The average molecular weight is 257 g/mol. The Morgan fingerprint density at radius 1 is 1.21 bits per heavy atom. The van der Waals surface area contributed by atoms with Gasteiger partial charge < -0.3 is 4.74 Å². The molecule has 0 unspecified atom stereocenters. The van der Waals surface area contributed by atoms with E-state index in [1.54, 1.807) is 18.3 Å². The highest BCUT2D eigenvalue weighted by molar-refractivity contribution is 5.95. The summed E-state index contributed by atoms with van der Waals surface area (Å²) >= 11 is 0. The summed E-state index contributed by atoms with van der Waals surface area (Å²) in [6, 6.07) is 7.07. The lowest BCUT2D eigenvalue weighted by Gasteiger charge is -2.02. The molecule has 2 aromatic rings. The predicted octanol–water partition coefficient (Wildman–Crippen LogP) is 1.87. The molecule has 0 fully saturated rings. The second kappa shape index (κ2) is 6.04. The minimum Gasteiger partial charge on any atom is -0.480 e. The molecule has 5 heteroatoms. The molecule has 98 valence electrons. The topological polar surface area (TPSA) is 65.0 Å². The van der Waals surface area contributed by atoms with Gasteiger partial charge in [0.1, 0.15) is 5.69 Å². The summed E-state index contributed by atoms with van der Waals surface area (Å²) in [7, 11) is 1.50. The molecule has 0 saturated carbocycles. The van der Waals surface area contributed by atoms with E-state index in [2.05, 4.69) is 22.1 Å². The summed E-state index contributed by atoms with van der Waals surface area (Å²) in [4.78, 5) is 16.2. The van der Waals surface area contributed by atoms with E-state index in [1.807, 2.05) is 12.1 Å². The van der Waals surface area contributed by atoms with E-state index >= 15 is 0 Å². The number of carbonyl (C=O) groups excluding carboxylic acids is 1. The fourth-order valence-corrected chi connectivity index (χ4v) is 1.60. The van der Waals surface area contributed by atoms with Crippen LogP contribution in [0.4, 0.5) is 0 Å². The third-order valence-electron chi connectivity index (χ3n) is 2.77. The highest BCUT2D eigenvalue weighted by Crippen LogP contribution is 2.08. The van der Waals surface area contributed by atoms with Gasteiger partial charge in [-0.3, -0.25) is 9.78 Å². The molecule has 0 aromatic carbocycles. The van der Waals surface area contributed by atoms with Crippen molar-refractivity contribution in [3.05, 3.63) is 47.4 Å². The van der Waals surface area contributed by atoms with Gasteiger partial charge in [0.15, 0.2) is 5.78 Å². The zero-order valence-corrected chi connectivity index (χ0v) is 11.0. The number of Topliss-reactive ketones (excluding diaryl/α,β-unsaturated/α-hetero) is 1.